The molecule has 0 fully saturated rings. The van der Waals surface area contributed by atoms with E-state index in [0.29, 0.717) is 17.1 Å². The van der Waals surface area contributed by atoms with Crippen LogP contribution in [0.5, 0.6) is 5.75 Å². The molecule has 0 radical (unpaired) electrons. The Balaban J connectivity index is 2.25. The van der Waals surface area contributed by atoms with Gasteiger partial charge in [0.25, 0.3) is 0 Å². The van der Waals surface area contributed by atoms with Gasteiger partial charge in [-0.05, 0) is 22.6 Å². The van der Waals surface area contributed by atoms with Crippen molar-refractivity contribution in [3.05, 3.63) is 52.0 Å². The minimum atomic E-state index is -0.878. The maximum atomic E-state index is 10.9. The molecule has 1 atom stereocenters. The molecule has 1 aromatic heterocycles. The zero-order valence-corrected chi connectivity index (χ0v) is 11.2. The van der Waals surface area contributed by atoms with Crippen LogP contribution in [0.1, 0.15) is 17.5 Å². The lowest BCUT2D eigenvalue weighted by Gasteiger charge is -2.11. The van der Waals surface area contributed by atoms with Crippen molar-refractivity contribution in [1.29, 1.82) is 0 Å². The van der Waals surface area contributed by atoms with Crippen LogP contribution in [0.25, 0.3) is 0 Å². The monoisotopic (exact) mass is 277 g/mol. The first-order chi connectivity index (χ1) is 9.52. The van der Waals surface area contributed by atoms with E-state index in [9.17, 15) is 15.2 Å². The summed E-state index contributed by atoms with van der Waals surface area (Å²) in [7, 11) is 1.54. The van der Waals surface area contributed by atoms with Crippen molar-refractivity contribution in [1.82, 2.24) is 9.55 Å². The minimum Gasteiger partial charge on any atom is -0.497 e. The Hall–Kier alpha value is -2.41. The molecule has 106 valence electrons. The molecule has 0 aliphatic carbocycles. The van der Waals surface area contributed by atoms with Crippen LogP contribution in [0.4, 0.5) is 5.82 Å². The van der Waals surface area contributed by atoms with Crippen molar-refractivity contribution in [3.63, 3.8) is 0 Å². The maximum absolute atomic E-state index is 10.9. The van der Waals surface area contributed by atoms with Crippen LogP contribution in [-0.4, -0.2) is 26.7 Å². The number of hydrogen-bond acceptors (Lipinski definition) is 5. The molecule has 2 rings (SSSR count). The van der Waals surface area contributed by atoms with Gasteiger partial charge in [-0.3, -0.25) is 0 Å². The zero-order chi connectivity index (χ0) is 14.7. The second-order valence-corrected chi connectivity index (χ2v) is 4.32. The standard InChI is InChI=1S/C13H15N3O4/c1-9-14-7-13(16(18)19)15(9)8-12(17)10-4-3-5-11(6-10)20-2/h3-7,12,17H,8H2,1-2H3. The Morgan fingerprint density at radius 1 is 1.55 bits per heavy atom. The van der Waals surface area contributed by atoms with E-state index in [4.69, 9.17) is 4.74 Å². The van der Waals surface area contributed by atoms with Crippen LogP contribution >= 0.6 is 0 Å². The second kappa shape index (κ2) is 5.70. The summed E-state index contributed by atoms with van der Waals surface area (Å²) in [6, 6.07) is 6.96. The number of benzene rings is 1. The molecule has 0 aliphatic heterocycles. The predicted octanol–water partition coefficient (Wildman–Crippen LogP) is 1.84. The van der Waals surface area contributed by atoms with Crippen molar-refractivity contribution in [2.24, 2.45) is 0 Å². The number of hydrogen-bond donors (Lipinski definition) is 1. The van der Waals surface area contributed by atoms with E-state index in [-0.39, 0.29) is 12.4 Å². The smallest absolute Gasteiger partial charge is 0.342 e. The summed E-state index contributed by atoms with van der Waals surface area (Å²) in [6.07, 6.45) is 0.310. The lowest BCUT2D eigenvalue weighted by atomic mass is 10.1. The number of nitrogens with zero attached hydrogens (tertiary/aromatic N) is 3. The average Bonchev–Trinajstić information content (AvgIpc) is 2.80. The molecule has 7 heteroatoms. The molecule has 1 heterocycles. The van der Waals surface area contributed by atoms with Gasteiger partial charge in [-0.1, -0.05) is 12.1 Å². The lowest BCUT2D eigenvalue weighted by Crippen LogP contribution is -2.12. The Kier molecular flexibility index (Phi) is 3.99. The predicted molar refractivity (Wildman–Crippen MR) is 71.6 cm³/mol. The third-order valence-corrected chi connectivity index (χ3v) is 3.06. The molecule has 20 heavy (non-hydrogen) atoms. The first kappa shape index (κ1) is 14.0. The molecule has 0 saturated carbocycles. The molecule has 0 amide bonds. The topological polar surface area (TPSA) is 90.4 Å². The van der Waals surface area contributed by atoms with Crippen molar-refractivity contribution in [2.45, 2.75) is 19.6 Å². The van der Waals surface area contributed by atoms with Crippen molar-refractivity contribution < 1.29 is 14.8 Å². The Morgan fingerprint density at radius 3 is 2.95 bits per heavy atom. The molecule has 7 nitrogen and oxygen atoms in total. The van der Waals surface area contributed by atoms with Crippen LogP contribution in [-0.2, 0) is 6.54 Å². The number of rotatable bonds is 5. The minimum absolute atomic E-state index is 0.0648. The number of aliphatic hydroxyl groups excluding tert-OH is 1. The van der Waals surface area contributed by atoms with Crippen LogP contribution in [0, 0.1) is 17.0 Å². The SMILES string of the molecule is COc1cccc(C(O)Cn2c([N+](=O)[O-])cnc2C)c1. The maximum Gasteiger partial charge on any atom is 0.342 e. The number of imidazole rings is 1. The van der Waals surface area contributed by atoms with Crippen LogP contribution in [0.15, 0.2) is 30.5 Å². The quantitative estimate of drug-likeness (QED) is 0.665. The van der Waals surface area contributed by atoms with Gasteiger partial charge < -0.3 is 20.0 Å². The lowest BCUT2D eigenvalue weighted by molar-refractivity contribution is -0.392. The molecule has 1 unspecified atom stereocenters. The van der Waals surface area contributed by atoms with Gasteiger partial charge in [-0.2, -0.15) is 0 Å². The summed E-state index contributed by atoms with van der Waals surface area (Å²) in [5.74, 6) is 0.974. The summed E-state index contributed by atoms with van der Waals surface area (Å²) >= 11 is 0. The number of aliphatic hydroxyl groups is 1. The number of aryl methyl sites for hydroxylation is 1. The van der Waals surface area contributed by atoms with Gasteiger partial charge in [-0.25, -0.2) is 9.55 Å². The van der Waals surface area contributed by atoms with Gasteiger partial charge in [0.1, 0.15) is 24.6 Å². The van der Waals surface area contributed by atoms with E-state index in [1.54, 1.807) is 31.2 Å². The van der Waals surface area contributed by atoms with Gasteiger partial charge in [0.15, 0.2) is 5.82 Å². The van der Waals surface area contributed by atoms with Gasteiger partial charge in [-0.15, -0.1) is 0 Å². The third-order valence-electron chi connectivity index (χ3n) is 3.06. The first-order valence-corrected chi connectivity index (χ1v) is 6.01. The summed E-state index contributed by atoms with van der Waals surface area (Å²) in [4.78, 5) is 14.3. The highest BCUT2D eigenvalue weighted by Gasteiger charge is 2.21. The molecule has 1 aromatic carbocycles. The van der Waals surface area contributed by atoms with E-state index in [1.165, 1.54) is 17.9 Å². The fourth-order valence-electron chi connectivity index (χ4n) is 1.95. The van der Waals surface area contributed by atoms with Gasteiger partial charge in [0, 0.05) is 6.92 Å². The van der Waals surface area contributed by atoms with Crippen molar-refractivity contribution >= 4 is 5.82 Å². The first-order valence-electron chi connectivity index (χ1n) is 6.01. The highest BCUT2D eigenvalue weighted by molar-refractivity contribution is 5.30. The van der Waals surface area contributed by atoms with Crippen LogP contribution in [0.3, 0.4) is 0 Å². The molecule has 2 aromatic rings. The van der Waals surface area contributed by atoms with Crippen LogP contribution in [0.2, 0.25) is 0 Å². The normalized spacial score (nSPS) is 12.2. The molecular formula is C13H15N3O4. The summed E-state index contributed by atoms with van der Waals surface area (Å²) in [5.41, 5.74) is 0.631. The third kappa shape index (κ3) is 2.77. The summed E-state index contributed by atoms with van der Waals surface area (Å²) in [6.45, 7) is 1.72. The Bertz CT molecular complexity index is 624. The molecule has 0 saturated heterocycles. The highest BCUT2D eigenvalue weighted by atomic mass is 16.6. The van der Waals surface area contributed by atoms with E-state index >= 15 is 0 Å². The Morgan fingerprint density at radius 2 is 2.30 bits per heavy atom. The van der Waals surface area contributed by atoms with Crippen molar-refractivity contribution in [2.75, 3.05) is 7.11 Å². The molecule has 0 spiro atoms. The highest BCUT2D eigenvalue weighted by Crippen LogP contribution is 2.23. The zero-order valence-electron chi connectivity index (χ0n) is 11.2. The number of aromatic nitrogens is 2. The van der Waals surface area contributed by atoms with E-state index in [1.807, 2.05) is 0 Å². The molecule has 1 N–H and O–H groups in total. The van der Waals surface area contributed by atoms with Crippen molar-refractivity contribution in [3.8, 4) is 5.75 Å². The van der Waals surface area contributed by atoms with Gasteiger partial charge in [0.05, 0.1) is 7.11 Å². The van der Waals surface area contributed by atoms with E-state index in [0.717, 1.165) is 0 Å². The fourth-order valence-corrected chi connectivity index (χ4v) is 1.95. The van der Waals surface area contributed by atoms with E-state index < -0.39 is 11.0 Å². The molecular weight excluding hydrogens is 262 g/mol. The number of nitro groups is 1. The fraction of sp³-hybridized carbons (Fsp3) is 0.308. The number of ether oxygens (including phenoxy) is 1. The molecule has 0 aliphatic rings. The largest absolute Gasteiger partial charge is 0.497 e. The number of methoxy groups -OCH3 is 1. The van der Waals surface area contributed by atoms with Crippen LogP contribution < -0.4 is 4.74 Å². The summed E-state index contributed by atoms with van der Waals surface area (Å²) in [5, 5.41) is 21.1. The summed E-state index contributed by atoms with van der Waals surface area (Å²) < 4.78 is 6.47. The van der Waals surface area contributed by atoms with E-state index in [2.05, 4.69) is 4.98 Å². The molecule has 0 bridgehead atoms. The average molecular weight is 277 g/mol. The van der Waals surface area contributed by atoms with Gasteiger partial charge >= 0.3 is 5.82 Å². The second-order valence-electron chi connectivity index (χ2n) is 4.32. The van der Waals surface area contributed by atoms with Gasteiger partial charge in [0.2, 0.25) is 0 Å². The Labute approximate surface area is 115 Å².